The van der Waals surface area contributed by atoms with Gasteiger partial charge in [0.1, 0.15) is 0 Å². The number of alkyl halides is 3. The molecule has 138 valence electrons. The number of hydrogen-bond acceptors (Lipinski definition) is 2. The van der Waals surface area contributed by atoms with Gasteiger partial charge in [-0.15, -0.1) is 0 Å². The van der Waals surface area contributed by atoms with Gasteiger partial charge in [-0.25, -0.2) is 4.68 Å². The number of rotatable bonds is 4. The highest BCUT2D eigenvalue weighted by atomic mass is 35.5. The van der Waals surface area contributed by atoms with Crippen molar-refractivity contribution in [1.29, 1.82) is 0 Å². The summed E-state index contributed by atoms with van der Waals surface area (Å²) in [6, 6.07) is 5.77. The van der Waals surface area contributed by atoms with Crippen molar-refractivity contribution in [2.45, 2.75) is 25.4 Å². The first-order valence-corrected chi connectivity index (χ1v) is 8.58. The number of amides is 1. The quantitative estimate of drug-likeness (QED) is 0.782. The van der Waals surface area contributed by atoms with Crippen LogP contribution in [0.1, 0.15) is 35.3 Å². The van der Waals surface area contributed by atoms with Crippen molar-refractivity contribution in [2.24, 2.45) is 5.92 Å². The van der Waals surface area contributed by atoms with Gasteiger partial charge in [0.05, 0.1) is 17.4 Å². The van der Waals surface area contributed by atoms with Gasteiger partial charge in [-0.05, 0) is 49.4 Å². The first-order valence-electron chi connectivity index (χ1n) is 8.20. The summed E-state index contributed by atoms with van der Waals surface area (Å²) in [5.41, 5.74) is -1.40. The number of carbonyl (C=O) groups excluding carboxylic acids is 1. The maximum absolute atomic E-state index is 13.6. The zero-order valence-electron chi connectivity index (χ0n) is 13.8. The van der Waals surface area contributed by atoms with Gasteiger partial charge in [0, 0.05) is 11.6 Å². The molecule has 0 aliphatic heterocycles. The van der Waals surface area contributed by atoms with E-state index in [4.69, 9.17) is 11.6 Å². The Labute approximate surface area is 153 Å². The Bertz CT molecular complexity index is 812. The van der Waals surface area contributed by atoms with E-state index in [-0.39, 0.29) is 11.6 Å². The highest BCUT2D eigenvalue weighted by Gasteiger charge is 2.40. The topological polar surface area (TPSA) is 46.9 Å². The van der Waals surface area contributed by atoms with Crippen molar-refractivity contribution in [3.8, 4) is 5.69 Å². The molecule has 0 radical (unpaired) electrons. The van der Waals surface area contributed by atoms with Gasteiger partial charge in [0.15, 0.2) is 5.69 Å². The Morgan fingerprint density at radius 2 is 2.00 bits per heavy atom. The van der Waals surface area contributed by atoms with Crippen molar-refractivity contribution in [3.05, 3.63) is 58.9 Å². The van der Waals surface area contributed by atoms with Crippen LogP contribution in [0.5, 0.6) is 0 Å². The van der Waals surface area contributed by atoms with Gasteiger partial charge in [-0.2, -0.15) is 18.3 Å². The molecule has 1 aliphatic rings. The zero-order valence-corrected chi connectivity index (χ0v) is 14.5. The molecule has 26 heavy (non-hydrogen) atoms. The Kier molecular flexibility index (Phi) is 5.36. The Morgan fingerprint density at radius 3 is 2.62 bits per heavy atom. The minimum atomic E-state index is -4.73. The lowest BCUT2D eigenvalue weighted by molar-refractivity contribution is -0.143. The van der Waals surface area contributed by atoms with Crippen LogP contribution >= 0.6 is 11.6 Å². The van der Waals surface area contributed by atoms with E-state index in [2.05, 4.69) is 16.5 Å². The Morgan fingerprint density at radius 1 is 1.27 bits per heavy atom. The molecule has 1 aliphatic carbocycles. The highest BCUT2D eigenvalue weighted by Crippen LogP contribution is 2.34. The lowest BCUT2D eigenvalue weighted by Crippen LogP contribution is -2.31. The third-order valence-electron chi connectivity index (χ3n) is 4.28. The van der Waals surface area contributed by atoms with Gasteiger partial charge in [-0.1, -0.05) is 23.8 Å². The van der Waals surface area contributed by atoms with E-state index < -0.39 is 23.3 Å². The zero-order chi connectivity index (χ0) is 18.7. The average molecular weight is 384 g/mol. The fraction of sp³-hybridized carbons (Fsp3) is 0.333. The summed E-state index contributed by atoms with van der Waals surface area (Å²) < 4.78 is 41.5. The van der Waals surface area contributed by atoms with Gasteiger partial charge in [0.25, 0.3) is 5.91 Å². The fourth-order valence-electron chi connectivity index (χ4n) is 2.94. The fourth-order valence-corrected chi connectivity index (χ4v) is 3.07. The van der Waals surface area contributed by atoms with Gasteiger partial charge in [0.2, 0.25) is 0 Å². The number of benzene rings is 1. The maximum Gasteiger partial charge on any atom is 0.434 e. The number of hydrogen-bond donors (Lipinski definition) is 1. The van der Waals surface area contributed by atoms with E-state index in [0.717, 1.165) is 25.5 Å². The molecule has 1 atom stereocenters. The summed E-state index contributed by atoms with van der Waals surface area (Å²) in [7, 11) is 0. The maximum atomic E-state index is 13.6. The molecule has 0 saturated carbocycles. The monoisotopic (exact) mass is 383 g/mol. The highest BCUT2D eigenvalue weighted by molar-refractivity contribution is 6.30. The lowest BCUT2D eigenvalue weighted by Gasteiger charge is -2.18. The molecular formula is C18H17ClF3N3O. The molecule has 2 aromatic rings. The van der Waals surface area contributed by atoms with Crippen LogP contribution in [0.15, 0.2) is 42.6 Å². The molecule has 1 aromatic heterocycles. The van der Waals surface area contributed by atoms with Crippen molar-refractivity contribution in [1.82, 2.24) is 15.1 Å². The van der Waals surface area contributed by atoms with Crippen molar-refractivity contribution >= 4 is 17.5 Å². The predicted octanol–water partition coefficient (Wildman–Crippen LogP) is 4.63. The molecule has 1 aromatic carbocycles. The number of carbonyl (C=O) groups is 1. The molecule has 0 spiro atoms. The van der Waals surface area contributed by atoms with Crippen LogP contribution in [-0.4, -0.2) is 22.2 Å². The second-order valence-corrected chi connectivity index (χ2v) is 6.59. The summed E-state index contributed by atoms with van der Waals surface area (Å²) in [5.74, 6) is -0.531. The molecule has 1 amide bonds. The second kappa shape index (κ2) is 7.53. The van der Waals surface area contributed by atoms with Crippen molar-refractivity contribution in [3.63, 3.8) is 0 Å². The van der Waals surface area contributed by atoms with Gasteiger partial charge >= 0.3 is 6.18 Å². The smallest absolute Gasteiger partial charge is 0.352 e. The molecule has 0 bridgehead atoms. The van der Waals surface area contributed by atoms with E-state index in [1.165, 1.54) is 24.3 Å². The number of nitrogens with zero attached hydrogens (tertiary/aromatic N) is 2. The molecule has 3 rings (SSSR count). The van der Waals surface area contributed by atoms with E-state index in [1.807, 2.05) is 6.08 Å². The van der Waals surface area contributed by atoms with Gasteiger partial charge < -0.3 is 5.32 Å². The van der Waals surface area contributed by atoms with E-state index >= 15 is 0 Å². The summed E-state index contributed by atoms with van der Waals surface area (Å²) in [5, 5.41) is 6.78. The minimum Gasteiger partial charge on any atom is -0.352 e. The third-order valence-corrected chi connectivity index (χ3v) is 4.53. The van der Waals surface area contributed by atoms with E-state index in [9.17, 15) is 18.0 Å². The largest absolute Gasteiger partial charge is 0.434 e. The number of aromatic nitrogens is 2. The molecule has 8 heteroatoms. The van der Waals surface area contributed by atoms with Crippen LogP contribution in [0.25, 0.3) is 5.69 Å². The number of nitrogens with one attached hydrogen (secondary N) is 1. The Balaban J connectivity index is 1.85. The summed E-state index contributed by atoms with van der Waals surface area (Å²) in [6.45, 7) is 0.340. The van der Waals surface area contributed by atoms with E-state index in [1.54, 1.807) is 0 Å². The standard InChI is InChI=1S/C18H17ClF3N3O/c19-13-6-8-14(9-7-13)25-16(18(20,21)22)15(11-24-25)17(26)23-10-12-4-2-1-3-5-12/h1-2,6-9,11-12H,3-5,10H2,(H,23,26). The SMILES string of the molecule is O=C(NCC1CC=CCC1)c1cnn(-c2ccc(Cl)cc2)c1C(F)(F)F. The first kappa shape index (κ1) is 18.5. The van der Waals surface area contributed by atoms with Crippen LogP contribution in [-0.2, 0) is 6.18 Å². The van der Waals surface area contributed by atoms with Crippen molar-refractivity contribution in [2.75, 3.05) is 6.54 Å². The van der Waals surface area contributed by atoms with Crippen LogP contribution in [0, 0.1) is 5.92 Å². The average Bonchev–Trinajstić information content (AvgIpc) is 3.07. The van der Waals surface area contributed by atoms with Crippen LogP contribution in [0.2, 0.25) is 5.02 Å². The lowest BCUT2D eigenvalue weighted by atomic mass is 9.94. The molecule has 0 saturated heterocycles. The molecule has 1 N–H and O–H groups in total. The molecule has 4 nitrogen and oxygen atoms in total. The third kappa shape index (κ3) is 4.09. The summed E-state index contributed by atoms with van der Waals surface area (Å²) in [6.07, 6.45) is 2.96. The summed E-state index contributed by atoms with van der Waals surface area (Å²) in [4.78, 5) is 12.4. The molecule has 0 fully saturated rings. The normalized spacial score (nSPS) is 17.3. The first-order chi connectivity index (χ1) is 12.4. The minimum absolute atomic E-state index is 0.179. The number of halogens is 4. The van der Waals surface area contributed by atoms with Gasteiger partial charge in [-0.3, -0.25) is 4.79 Å². The number of allylic oxidation sites excluding steroid dienone is 2. The van der Waals surface area contributed by atoms with Crippen LogP contribution in [0.4, 0.5) is 13.2 Å². The predicted molar refractivity (Wildman–Crippen MR) is 92.4 cm³/mol. The Hall–Kier alpha value is -2.28. The molecular weight excluding hydrogens is 367 g/mol. The molecule has 1 heterocycles. The van der Waals surface area contributed by atoms with Crippen LogP contribution < -0.4 is 5.32 Å². The van der Waals surface area contributed by atoms with Crippen LogP contribution in [0.3, 0.4) is 0 Å². The second-order valence-electron chi connectivity index (χ2n) is 6.15. The summed E-state index contributed by atoms with van der Waals surface area (Å²) >= 11 is 5.78. The van der Waals surface area contributed by atoms with E-state index in [0.29, 0.717) is 16.2 Å². The molecule has 1 unspecified atom stereocenters. The van der Waals surface area contributed by atoms with Crippen molar-refractivity contribution < 1.29 is 18.0 Å².